The predicted octanol–water partition coefficient (Wildman–Crippen LogP) is 8.09. The molecule has 5 nitrogen and oxygen atoms in total. The monoisotopic (exact) mass is 522 g/mol. The normalized spacial score (nSPS) is 11.1. The summed E-state index contributed by atoms with van der Waals surface area (Å²) < 4.78 is 17.3. The quantitative estimate of drug-likeness (QED) is 0.0891. The van der Waals surface area contributed by atoms with E-state index in [0.717, 1.165) is 11.1 Å². The summed E-state index contributed by atoms with van der Waals surface area (Å²) >= 11 is 6.14. The summed E-state index contributed by atoms with van der Waals surface area (Å²) in [5, 5.41) is 1.17. The lowest BCUT2D eigenvalue weighted by Crippen LogP contribution is -2.09. The molecule has 0 fully saturated rings. The van der Waals surface area contributed by atoms with Crippen LogP contribution in [-0.2, 0) is 6.61 Å². The second-order valence-corrected chi connectivity index (χ2v) is 9.01. The standard InChI is InChI=1S/C32H23ClO5/c1-21-31(27-19-26(16-18-30(27)37-21)36-20-22-7-3-2-4-8-22)32(35)38-25-14-11-24(12-15-25)29(34)17-13-23-9-5-6-10-28(23)33/h2-19H,20H2,1H3. The van der Waals surface area contributed by atoms with Crippen LogP contribution < -0.4 is 9.47 Å². The number of carbonyl (C=O) groups excluding carboxylic acids is 2. The number of benzene rings is 4. The molecule has 5 aromatic rings. The van der Waals surface area contributed by atoms with E-state index in [2.05, 4.69) is 0 Å². The second-order valence-electron chi connectivity index (χ2n) is 8.60. The van der Waals surface area contributed by atoms with Crippen molar-refractivity contribution in [3.8, 4) is 11.5 Å². The van der Waals surface area contributed by atoms with Crippen LogP contribution >= 0.6 is 11.6 Å². The van der Waals surface area contributed by atoms with Gasteiger partial charge in [-0.15, -0.1) is 0 Å². The lowest BCUT2D eigenvalue weighted by molar-refractivity contribution is 0.0734. The van der Waals surface area contributed by atoms with Gasteiger partial charge in [0.05, 0.1) is 0 Å². The van der Waals surface area contributed by atoms with Crippen molar-refractivity contribution in [3.63, 3.8) is 0 Å². The van der Waals surface area contributed by atoms with E-state index in [1.54, 1.807) is 61.5 Å². The third-order valence-electron chi connectivity index (χ3n) is 5.96. The molecule has 0 aliphatic rings. The Morgan fingerprint density at radius 3 is 2.34 bits per heavy atom. The van der Waals surface area contributed by atoms with E-state index < -0.39 is 5.97 Å². The van der Waals surface area contributed by atoms with Gasteiger partial charge in [-0.1, -0.05) is 60.1 Å². The molecule has 1 heterocycles. The van der Waals surface area contributed by atoms with Crippen LogP contribution in [0.2, 0.25) is 5.02 Å². The van der Waals surface area contributed by atoms with E-state index in [9.17, 15) is 9.59 Å². The molecule has 1 aromatic heterocycles. The molecule has 0 aliphatic carbocycles. The van der Waals surface area contributed by atoms with Crippen LogP contribution in [0.1, 0.15) is 37.6 Å². The molecule has 0 radical (unpaired) electrons. The Hall–Kier alpha value is -4.61. The number of hydrogen-bond acceptors (Lipinski definition) is 5. The fraction of sp³-hybridized carbons (Fsp3) is 0.0625. The van der Waals surface area contributed by atoms with Crippen LogP contribution in [0, 0.1) is 6.92 Å². The summed E-state index contributed by atoms with van der Waals surface area (Å²) in [5.74, 6) is 0.624. The summed E-state index contributed by atoms with van der Waals surface area (Å²) in [6.07, 6.45) is 3.13. The highest BCUT2D eigenvalue weighted by molar-refractivity contribution is 6.32. The number of aryl methyl sites for hydroxylation is 1. The van der Waals surface area contributed by atoms with Gasteiger partial charge in [0.2, 0.25) is 0 Å². The summed E-state index contributed by atoms with van der Waals surface area (Å²) in [4.78, 5) is 25.7. The van der Waals surface area contributed by atoms with Crippen molar-refractivity contribution in [2.75, 3.05) is 0 Å². The van der Waals surface area contributed by atoms with Gasteiger partial charge in [-0.2, -0.15) is 0 Å². The number of ketones is 1. The molecule has 5 rings (SSSR count). The Kier molecular flexibility index (Phi) is 7.38. The third-order valence-corrected chi connectivity index (χ3v) is 6.30. The number of fused-ring (bicyclic) bond motifs is 1. The number of esters is 1. The van der Waals surface area contributed by atoms with Gasteiger partial charge < -0.3 is 13.9 Å². The highest BCUT2D eigenvalue weighted by Crippen LogP contribution is 2.30. The van der Waals surface area contributed by atoms with Gasteiger partial charge in [0.15, 0.2) is 5.78 Å². The van der Waals surface area contributed by atoms with Crippen molar-refractivity contribution in [2.24, 2.45) is 0 Å². The number of allylic oxidation sites excluding steroid dienone is 1. The molecular weight excluding hydrogens is 500 g/mol. The van der Waals surface area contributed by atoms with Crippen molar-refractivity contribution < 1.29 is 23.5 Å². The molecule has 4 aromatic carbocycles. The Balaban J connectivity index is 1.29. The van der Waals surface area contributed by atoms with Gasteiger partial charge in [-0.3, -0.25) is 4.79 Å². The van der Waals surface area contributed by atoms with Gasteiger partial charge in [-0.05, 0) is 78.7 Å². The number of halogens is 1. The average Bonchev–Trinajstić information content (AvgIpc) is 3.27. The number of hydrogen-bond donors (Lipinski definition) is 0. The maximum absolute atomic E-state index is 13.1. The van der Waals surface area contributed by atoms with Gasteiger partial charge in [-0.25, -0.2) is 4.79 Å². The second kappa shape index (κ2) is 11.2. The average molecular weight is 523 g/mol. The summed E-state index contributed by atoms with van der Waals surface area (Å²) in [7, 11) is 0. The van der Waals surface area contributed by atoms with Crippen molar-refractivity contribution >= 4 is 40.4 Å². The Bertz CT molecular complexity index is 1630. The minimum atomic E-state index is -0.556. The number of rotatable bonds is 8. The van der Waals surface area contributed by atoms with Crippen molar-refractivity contribution in [2.45, 2.75) is 13.5 Å². The third kappa shape index (κ3) is 5.69. The minimum Gasteiger partial charge on any atom is -0.489 e. The topological polar surface area (TPSA) is 65.7 Å². The summed E-state index contributed by atoms with van der Waals surface area (Å²) in [6, 6.07) is 28.8. The fourth-order valence-corrected chi connectivity index (χ4v) is 4.20. The molecule has 0 N–H and O–H groups in total. The lowest BCUT2D eigenvalue weighted by atomic mass is 10.1. The summed E-state index contributed by atoms with van der Waals surface area (Å²) in [5.41, 5.74) is 3.14. The van der Waals surface area contributed by atoms with E-state index >= 15 is 0 Å². The first-order valence-corrected chi connectivity index (χ1v) is 12.3. The molecular formula is C32H23ClO5. The van der Waals surface area contributed by atoms with E-state index in [1.165, 1.54) is 6.08 Å². The zero-order valence-electron chi connectivity index (χ0n) is 20.5. The van der Waals surface area contributed by atoms with E-state index in [4.69, 9.17) is 25.5 Å². The highest BCUT2D eigenvalue weighted by atomic mass is 35.5. The van der Waals surface area contributed by atoms with Crippen molar-refractivity contribution in [1.29, 1.82) is 0 Å². The Morgan fingerprint density at radius 1 is 0.868 bits per heavy atom. The first-order chi connectivity index (χ1) is 18.5. The van der Waals surface area contributed by atoms with E-state index in [0.29, 0.717) is 51.0 Å². The smallest absolute Gasteiger partial charge is 0.347 e. The van der Waals surface area contributed by atoms with Crippen LogP contribution in [0.5, 0.6) is 11.5 Å². The predicted molar refractivity (Wildman–Crippen MR) is 148 cm³/mol. The zero-order valence-corrected chi connectivity index (χ0v) is 21.3. The van der Waals surface area contributed by atoms with Crippen LogP contribution in [0.15, 0.2) is 108 Å². The van der Waals surface area contributed by atoms with Crippen LogP contribution in [0.25, 0.3) is 17.0 Å². The first-order valence-electron chi connectivity index (χ1n) is 12.0. The molecule has 38 heavy (non-hydrogen) atoms. The molecule has 0 atom stereocenters. The van der Waals surface area contributed by atoms with Crippen LogP contribution in [0.3, 0.4) is 0 Å². The number of furan rings is 1. The zero-order chi connectivity index (χ0) is 26.5. The van der Waals surface area contributed by atoms with Crippen LogP contribution in [0.4, 0.5) is 0 Å². The molecule has 0 aliphatic heterocycles. The number of carbonyl (C=O) groups is 2. The van der Waals surface area contributed by atoms with Gasteiger partial charge >= 0.3 is 5.97 Å². The maximum atomic E-state index is 13.1. The van der Waals surface area contributed by atoms with E-state index in [1.807, 2.05) is 48.5 Å². The van der Waals surface area contributed by atoms with Gasteiger partial charge in [0.1, 0.15) is 35.0 Å². The van der Waals surface area contributed by atoms with Gasteiger partial charge in [0.25, 0.3) is 0 Å². The fourth-order valence-electron chi connectivity index (χ4n) is 4.00. The molecule has 6 heteroatoms. The molecule has 0 saturated heterocycles. The molecule has 0 spiro atoms. The molecule has 0 bridgehead atoms. The first kappa shape index (κ1) is 25.1. The van der Waals surface area contributed by atoms with E-state index in [-0.39, 0.29) is 5.78 Å². The van der Waals surface area contributed by atoms with Crippen molar-refractivity contribution in [1.82, 2.24) is 0 Å². The lowest BCUT2D eigenvalue weighted by Gasteiger charge is -2.07. The Labute approximate surface area is 224 Å². The molecule has 0 saturated carbocycles. The van der Waals surface area contributed by atoms with Gasteiger partial charge in [0, 0.05) is 16.0 Å². The number of ether oxygens (including phenoxy) is 2. The van der Waals surface area contributed by atoms with Crippen molar-refractivity contribution in [3.05, 3.63) is 136 Å². The molecule has 0 amide bonds. The van der Waals surface area contributed by atoms with Crippen LogP contribution in [-0.4, -0.2) is 11.8 Å². The largest absolute Gasteiger partial charge is 0.489 e. The highest BCUT2D eigenvalue weighted by Gasteiger charge is 2.21. The minimum absolute atomic E-state index is 0.192. The Morgan fingerprint density at radius 2 is 1.58 bits per heavy atom. The molecule has 0 unspecified atom stereocenters. The SMILES string of the molecule is Cc1oc2ccc(OCc3ccccc3)cc2c1C(=O)Oc1ccc(C(=O)C=Cc2ccccc2Cl)cc1. The molecule has 188 valence electrons. The summed E-state index contributed by atoms with van der Waals surface area (Å²) in [6.45, 7) is 2.12. The maximum Gasteiger partial charge on any atom is 0.347 e.